The molecule has 104 valence electrons. The van der Waals surface area contributed by atoms with Crippen molar-refractivity contribution in [2.24, 2.45) is 5.73 Å². The van der Waals surface area contributed by atoms with E-state index in [9.17, 15) is 25.1 Å². The van der Waals surface area contributed by atoms with Crippen molar-refractivity contribution in [2.45, 2.75) is 18.6 Å². The molecule has 0 fully saturated rings. The summed E-state index contributed by atoms with van der Waals surface area (Å²) in [7, 11) is 1.31. The number of nitrogens with two attached hydrogens (primary N) is 1. The number of nitro benzene ring substituents is 1. The van der Waals surface area contributed by atoms with E-state index in [1.54, 1.807) is 0 Å². The molecule has 0 spiro atoms. The maximum atomic E-state index is 10.7. The minimum Gasteiger partial charge on any atom is -0.496 e. The first-order valence-electron chi connectivity index (χ1n) is 5.33. The highest BCUT2D eigenvalue weighted by Gasteiger charge is 2.23. The number of hydrogen-bond donors (Lipinski definition) is 3. The van der Waals surface area contributed by atoms with Crippen LogP contribution in [-0.2, 0) is 4.79 Å². The predicted octanol–water partition coefficient (Wildman–Crippen LogP) is -0.127. The summed E-state index contributed by atoms with van der Waals surface area (Å²) >= 11 is 0. The number of rotatable bonds is 6. The van der Waals surface area contributed by atoms with Crippen molar-refractivity contribution in [3.05, 3.63) is 33.9 Å². The highest BCUT2D eigenvalue weighted by atomic mass is 16.6. The highest BCUT2D eigenvalue weighted by molar-refractivity contribution is 5.74. The summed E-state index contributed by atoms with van der Waals surface area (Å²) in [5.41, 5.74) is 4.68. The van der Waals surface area contributed by atoms with Gasteiger partial charge in [-0.05, 0) is 11.6 Å². The normalized spacial score (nSPS) is 13.6. The number of nitro groups is 1. The van der Waals surface area contributed by atoms with Crippen LogP contribution in [0.15, 0.2) is 18.2 Å². The summed E-state index contributed by atoms with van der Waals surface area (Å²) < 4.78 is 4.87. The molecule has 1 aromatic carbocycles. The van der Waals surface area contributed by atoms with Crippen LogP contribution in [0.3, 0.4) is 0 Å². The van der Waals surface area contributed by atoms with Gasteiger partial charge in [0.15, 0.2) is 0 Å². The fraction of sp³-hybridized carbons (Fsp3) is 0.364. The molecule has 0 saturated carbocycles. The molecular weight excluding hydrogens is 256 g/mol. The zero-order chi connectivity index (χ0) is 14.6. The highest BCUT2D eigenvalue weighted by Crippen LogP contribution is 2.28. The monoisotopic (exact) mass is 270 g/mol. The van der Waals surface area contributed by atoms with Crippen molar-refractivity contribution in [1.29, 1.82) is 0 Å². The lowest BCUT2D eigenvalue weighted by Crippen LogP contribution is -2.25. The molecule has 0 radical (unpaired) electrons. The third-order valence-corrected chi connectivity index (χ3v) is 2.48. The minimum absolute atomic E-state index is 0.0693. The topological polar surface area (TPSA) is 136 Å². The molecule has 19 heavy (non-hydrogen) atoms. The van der Waals surface area contributed by atoms with Gasteiger partial charge in [0.05, 0.1) is 30.6 Å². The maximum absolute atomic E-state index is 10.7. The molecule has 0 aliphatic heterocycles. The number of nitrogens with zero attached hydrogens (tertiary/aromatic N) is 1. The molecule has 1 amide bonds. The number of primary amides is 1. The van der Waals surface area contributed by atoms with Crippen LogP contribution in [0.25, 0.3) is 0 Å². The number of aliphatic hydroxyl groups excluding tert-OH is 2. The Balaban J connectivity index is 3.07. The minimum atomic E-state index is -1.47. The first-order valence-corrected chi connectivity index (χ1v) is 5.33. The van der Waals surface area contributed by atoms with E-state index in [-0.39, 0.29) is 17.0 Å². The van der Waals surface area contributed by atoms with Gasteiger partial charge in [-0.1, -0.05) is 0 Å². The number of ether oxygens (including phenoxy) is 1. The molecule has 0 aromatic heterocycles. The molecule has 4 N–H and O–H groups in total. The number of hydrogen-bond acceptors (Lipinski definition) is 6. The Labute approximate surface area is 108 Å². The molecule has 1 aromatic rings. The van der Waals surface area contributed by atoms with Gasteiger partial charge >= 0.3 is 0 Å². The van der Waals surface area contributed by atoms with E-state index in [2.05, 4.69) is 0 Å². The van der Waals surface area contributed by atoms with Crippen molar-refractivity contribution in [1.82, 2.24) is 0 Å². The molecule has 1 rings (SSSR count). The van der Waals surface area contributed by atoms with Crippen LogP contribution in [0.2, 0.25) is 0 Å². The van der Waals surface area contributed by atoms with Crippen molar-refractivity contribution < 1.29 is 24.7 Å². The Hall–Kier alpha value is -2.19. The lowest BCUT2D eigenvalue weighted by molar-refractivity contribution is -0.385. The molecule has 0 bridgehead atoms. The van der Waals surface area contributed by atoms with Gasteiger partial charge < -0.3 is 20.7 Å². The van der Waals surface area contributed by atoms with Crippen LogP contribution < -0.4 is 10.5 Å². The van der Waals surface area contributed by atoms with E-state index in [4.69, 9.17) is 10.5 Å². The molecule has 0 aliphatic rings. The molecule has 0 heterocycles. The number of benzene rings is 1. The van der Waals surface area contributed by atoms with Gasteiger partial charge in [-0.3, -0.25) is 14.9 Å². The molecule has 2 unspecified atom stereocenters. The van der Waals surface area contributed by atoms with Gasteiger partial charge in [0, 0.05) is 6.07 Å². The third kappa shape index (κ3) is 3.90. The Morgan fingerprint density at radius 3 is 2.58 bits per heavy atom. The zero-order valence-corrected chi connectivity index (χ0v) is 10.1. The summed E-state index contributed by atoms with van der Waals surface area (Å²) in [5.74, 6) is -0.626. The molecule has 8 nitrogen and oxygen atoms in total. The Morgan fingerprint density at radius 1 is 1.47 bits per heavy atom. The van der Waals surface area contributed by atoms with Crippen LogP contribution in [0.1, 0.15) is 18.1 Å². The largest absolute Gasteiger partial charge is 0.496 e. The van der Waals surface area contributed by atoms with Crippen LogP contribution in [0.4, 0.5) is 5.69 Å². The first kappa shape index (κ1) is 14.9. The van der Waals surface area contributed by atoms with E-state index >= 15 is 0 Å². The predicted molar refractivity (Wildman–Crippen MR) is 64.4 cm³/mol. The SMILES string of the molecule is COc1cc(C(O)C(O)CC(N)=O)cc([N+](=O)[O-])c1. The number of carbonyl (C=O) groups excluding carboxylic acids is 1. The van der Waals surface area contributed by atoms with E-state index in [1.807, 2.05) is 0 Å². The average molecular weight is 270 g/mol. The number of aliphatic hydroxyl groups is 2. The van der Waals surface area contributed by atoms with E-state index in [0.717, 1.165) is 6.07 Å². The quantitative estimate of drug-likeness (QED) is 0.486. The van der Waals surface area contributed by atoms with Crippen molar-refractivity contribution in [3.8, 4) is 5.75 Å². The summed E-state index contributed by atoms with van der Waals surface area (Å²) in [6, 6.07) is 3.61. The van der Waals surface area contributed by atoms with Crippen LogP contribution in [0.5, 0.6) is 5.75 Å². The number of carbonyl (C=O) groups is 1. The average Bonchev–Trinajstić information content (AvgIpc) is 2.36. The smallest absolute Gasteiger partial charge is 0.273 e. The van der Waals surface area contributed by atoms with Crippen molar-refractivity contribution in [3.63, 3.8) is 0 Å². The summed E-state index contributed by atoms with van der Waals surface area (Å²) in [6.07, 6.45) is -3.36. The fourth-order valence-electron chi connectivity index (χ4n) is 1.54. The lowest BCUT2D eigenvalue weighted by atomic mass is 10.0. The molecule has 2 atom stereocenters. The van der Waals surface area contributed by atoms with E-state index in [0.29, 0.717) is 0 Å². The van der Waals surface area contributed by atoms with Gasteiger partial charge in [0.25, 0.3) is 5.69 Å². The van der Waals surface area contributed by atoms with Crippen LogP contribution >= 0.6 is 0 Å². The second-order valence-electron chi connectivity index (χ2n) is 3.90. The van der Waals surface area contributed by atoms with Crippen molar-refractivity contribution in [2.75, 3.05) is 7.11 Å². The van der Waals surface area contributed by atoms with Gasteiger partial charge in [-0.15, -0.1) is 0 Å². The Kier molecular flexibility index (Phi) is 4.79. The number of non-ortho nitro benzene ring substituents is 1. The second kappa shape index (κ2) is 6.12. The number of methoxy groups -OCH3 is 1. The van der Waals surface area contributed by atoms with Gasteiger partial charge in [0.1, 0.15) is 11.9 Å². The molecule has 0 aliphatic carbocycles. The second-order valence-corrected chi connectivity index (χ2v) is 3.90. The molecular formula is C11H14N2O6. The van der Waals surface area contributed by atoms with Crippen LogP contribution in [-0.4, -0.2) is 34.3 Å². The van der Waals surface area contributed by atoms with Gasteiger partial charge in [-0.2, -0.15) is 0 Å². The van der Waals surface area contributed by atoms with E-state index in [1.165, 1.54) is 19.2 Å². The third-order valence-electron chi connectivity index (χ3n) is 2.48. The first-order chi connectivity index (χ1) is 8.85. The summed E-state index contributed by atoms with van der Waals surface area (Å²) in [4.78, 5) is 20.7. The fourth-order valence-corrected chi connectivity index (χ4v) is 1.54. The number of amides is 1. The molecule has 0 saturated heterocycles. The lowest BCUT2D eigenvalue weighted by Gasteiger charge is -2.17. The summed E-state index contributed by atoms with van der Waals surface area (Å²) in [6.45, 7) is 0. The summed E-state index contributed by atoms with van der Waals surface area (Å²) in [5, 5.41) is 30.1. The van der Waals surface area contributed by atoms with Gasteiger partial charge in [-0.25, -0.2) is 0 Å². The standard InChI is InChI=1S/C11H14N2O6/c1-19-8-3-6(2-7(4-8)13(17)18)11(16)9(14)5-10(12)15/h2-4,9,11,14,16H,5H2,1H3,(H2,12,15). The van der Waals surface area contributed by atoms with Gasteiger partial charge in [0.2, 0.25) is 5.91 Å². The van der Waals surface area contributed by atoms with Crippen LogP contribution in [0, 0.1) is 10.1 Å². The Morgan fingerprint density at radius 2 is 2.11 bits per heavy atom. The van der Waals surface area contributed by atoms with E-state index < -0.39 is 29.5 Å². The van der Waals surface area contributed by atoms with Crippen molar-refractivity contribution >= 4 is 11.6 Å². The zero-order valence-electron chi connectivity index (χ0n) is 10.1. The maximum Gasteiger partial charge on any atom is 0.273 e. The molecule has 8 heteroatoms. The Bertz CT molecular complexity index is 490.